The van der Waals surface area contributed by atoms with Crippen molar-refractivity contribution in [3.63, 3.8) is 0 Å². The number of hydrogen-bond donors (Lipinski definition) is 0. The fourth-order valence-electron chi connectivity index (χ4n) is 11.3. The molecule has 0 radical (unpaired) electrons. The van der Waals surface area contributed by atoms with Gasteiger partial charge in [0.05, 0.1) is 0 Å². The summed E-state index contributed by atoms with van der Waals surface area (Å²) < 4.78 is 0. The minimum atomic E-state index is 0. The van der Waals surface area contributed by atoms with Crippen LogP contribution in [0, 0.1) is 71.0 Å². The molecule has 49 heavy (non-hydrogen) atoms. The molecule has 6 aliphatic carbocycles. The SMILES string of the molecule is C.C.C=CC1CCC(C2CCC(C)CC2)CC1.C=CCC1CCC(C2CCC(C)CC2)CC1.CC=CC1CCC(C2CCC(C)CC2)CC1. The third kappa shape index (κ3) is 15.4. The van der Waals surface area contributed by atoms with E-state index >= 15 is 0 Å². The van der Waals surface area contributed by atoms with Crippen LogP contribution >= 0.6 is 0 Å². The molecular weight excluding hydrogens is 589 g/mol. The lowest BCUT2D eigenvalue weighted by Crippen LogP contribution is -2.25. The van der Waals surface area contributed by atoms with Crippen molar-refractivity contribution in [2.75, 3.05) is 0 Å². The van der Waals surface area contributed by atoms with E-state index in [2.05, 4.69) is 65.2 Å². The summed E-state index contributed by atoms with van der Waals surface area (Å²) in [4.78, 5) is 0. The fourth-order valence-corrected chi connectivity index (χ4v) is 11.3. The van der Waals surface area contributed by atoms with E-state index in [9.17, 15) is 0 Å². The molecule has 0 unspecified atom stereocenters. The molecule has 0 atom stereocenters. The molecule has 0 bridgehead atoms. The molecule has 6 saturated carbocycles. The lowest BCUT2D eigenvalue weighted by Gasteiger charge is -2.37. The van der Waals surface area contributed by atoms with Gasteiger partial charge in [-0.25, -0.2) is 0 Å². The molecule has 6 rings (SSSR count). The van der Waals surface area contributed by atoms with Gasteiger partial charge in [0.1, 0.15) is 0 Å². The van der Waals surface area contributed by atoms with Crippen molar-refractivity contribution in [3.05, 3.63) is 37.5 Å². The van der Waals surface area contributed by atoms with Crippen LogP contribution in [0.4, 0.5) is 0 Å². The molecule has 0 aliphatic heterocycles. The van der Waals surface area contributed by atoms with Gasteiger partial charge in [-0.05, 0) is 200 Å². The number of rotatable bonds is 7. The Morgan fingerprint density at radius 1 is 0.408 bits per heavy atom. The summed E-state index contributed by atoms with van der Waals surface area (Å²) in [6, 6.07) is 0. The van der Waals surface area contributed by atoms with E-state index < -0.39 is 0 Å². The van der Waals surface area contributed by atoms with Crippen molar-refractivity contribution in [1.82, 2.24) is 0 Å². The minimum Gasteiger partial charge on any atom is -0.103 e. The largest absolute Gasteiger partial charge is 0.103 e. The van der Waals surface area contributed by atoms with E-state index in [1.165, 1.54) is 161 Å². The van der Waals surface area contributed by atoms with Crippen LogP contribution in [0.25, 0.3) is 0 Å². The van der Waals surface area contributed by atoms with Gasteiger partial charge >= 0.3 is 0 Å². The van der Waals surface area contributed by atoms with Crippen LogP contribution in [-0.4, -0.2) is 0 Å². The first-order chi connectivity index (χ1) is 22.9. The van der Waals surface area contributed by atoms with Crippen LogP contribution < -0.4 is 0 Å². The van der Waals surface area contributed by atoms with Crippen molar-refractivity contribution in [1.29, 1.82) is 0 Å². The molecule has 0 saturated heterocycles. The standard InChI is InChI=1S/2C16H28.C15H26.2CH4/c2*1-3-4-14-7-11-16(12-8-14)15-9-5-13(2)6-10-15;1-3-13-6-10-15(11-7-13)14-8-4-12(2)5-9-14;;/h3-4,13-16H,5-12H2,1-2H3;3,13-16H,1,4-12H2,2H3;3,12-15H,1,4-11H2,2H3;2*1H4. The molecule has 0 heterocycles. The van der Waals surface area contributed by atoms with Gasteiger partial charge in [0.2, 0.25) is 0 Å². The van der Waals surface area contributed by atoms with E-state index in [0.717, 1.165) is 71.0 Å². The second-order valence-corrected chi connectivity index (χ2v) is 18.5. The van der Waals surface area contributed by atoms with Gasteiger partial charge in [0, 0.05) is 0 Å². The van der Waals surface area contributed by atoms with Gasteiger partial charge in [-0.2, -0.15) is 0 Å². The molecule has 0 spiro atoms. The molecular formula is C49H90. The van der Waals surface area contributed by atoms with Crippen LogP contribution in [0.15, 0.2) is 37.5 Å². The molecule has 0 nitrogen and oxygen atoms in total. The average molecular weight is 679 g/mol. The summed E-state index contributed by atoms with van der Waals surface area (Å²) in [5, 5.41) is 0. The first-order valence-electron chi connectivity index (χ1n) is 21.7. The highest BCUT2D eigenvalue weighted by molar-refractivity contribution is 4.91. The van der Waals surface area contributed by atoms with Gasteiger partial charge < -0.3 is 0 Å². The van der Waals surface area contributed by atoms with Crippen molar-refractivity contribution in [2.24, 2.45) is 71.0 Å². The lowest BCUT2D eigenvalue weighted by molar-refractivity contribution is 0.151. The Labute approximate surface area is 310 Å². The smallest absolute Gasteiger partial charge is 0.0233 e. The summed E-state index contributed by atoms with van der Waals surface area (Å²) in [7, 11) is 0. The van der Waals surface area contributed by atoms with Gasteiger partial charge in [-0.15, -0.1) is 13.2 Å². The molecule has 0 N–H and O–H groups in total. The van der Waals surface area contributed by atoms with Gasteiger partial charge in [-0.3, -0.25) is 0 Å². The normalized spacial score (nSPS) is 39.8. The Hall–Kier alpha value is -0.780. The summed E-state index contributed by atoms with van der Waals surface area (Å²) in [6.07, 6.45) is 46.1. The van der Waals surface area contributed by atoms with E-state index in [4.69, 9.17) is 0 Å². The highest BCUT2D eigenvalue weighted by atomic mass is 14.4. The third-order valence-electron chi connectivity index (χ3n) is 15.0. The average Bonchev–Trinajstić information content (AvgIpc) is 3.11. The summed E-state index contributed by atoms with van der Waals surface area (Å²) in [5.41, 5.74) is 0. The van der Waals surface area contributed by atoms with E-state index in [1.807, 2.05) is 0 Å². The van der Waals surface area contributed by atoms with E-state index in [1.54, 1.807) is 0 Å². The highest BCUT2D eigenvalue weighted by Gasteiger charge is 2.31. The summed E-state index contributed by atoms with van der Waals surface area (Å²) in [6.45, 7) is 17.2. The Balaban J connectivity index is 0.000000250. The zero-order valence-electron chi connectivity index (χ0n) is 32.3. The summed E-state index contributed by atoms with van der Waals surface area (Å²) >= 11 is 0. The Morgan fingerprint density at radius 3 is 0.980 bits per heavy atom. The van der Waals surface area contributed by atoms with Crippen LogP contribution in [0.5, 0.6) is 0 Å². The monoisotopic (exact) mass is 679 g/mol. The fraction of sp³-hybridized carbons (Fsp3) is 0.878. The van der Waals surface area contributed by atoms with Crippen LogP contribution in [0.1, 0.15) is 203 Å². The van der Waals surface area contributed by atoms with Crippen molar-refractivity contribution in [3.8, 4) is 0 Å². The number of hydrogen-bond acceptors (Lipinski definition) is 0. The molecule has 0 aromatic heterocycles. The second kappa shape index (κ2) is 24.5. The predicted octanol–water partition coefficient (Wildman–Crippen LogP) is 16.5. The van der Waals surface area contributed by atoms with Gasteiger partial charge in [0.15, 0.2) is 0 Å². The third-order valence-corrected chi connectivity index (χ3v) is 15.0. The van der Waals surface area contributed by atoms with Gasteiger partial charge in [-0.1, -0.05) is 98.5 Å². The Bertz CT molecular complexity index is 832. The maximum atomic E-state index is 3.93. The zero-order valence-corrected chi connectivity index (χ0v) is 32.3. The van der Waals surface area contributed by atoms with Crippen molar-refractivity contribution >= 4 is 0 Å². The first kappa shape index (κ1) is 44.4. The number of allylic oxidation sites excluding steroid dienone is 4. The first-order valence-corrected chi connectivity index (χ1v) is 21.7. The molecule has 6 fully saturated rings. The van der Waals surface area contributed by atoms with Crippen LogP contribution in [0.3, 0.4) is 0 Å². The van der Waals surface area contributed by atoms with E-state index in [-0.39, 0.29) is 14.9 Å². The maximum absolute atomic E-state index is 3.93. The molecule has 6 aliphatic rings. The van der Waals surface area contributed by atoms with Gasteiger partial charge in [0.25, 0.3) is 0 Å². The predicted molar refractivity (Wildman–Crippen MR) is 223 cm³/mol. The van der Waals surface area contributed by atoms with Crippen molar-refractivity contribution in [2.45, 2.75) is 203 Å². The maximum Gasteiger partial charge on any atom is -0.0233 e. The lowest BCUT2D eigenvalue weighted by atomic mass is 9.69. The topological polar surface area (TPSA) is 0 Å². The molecule has 0 heteroatoms. The Morgan fingerprint density at radius 2 is 0.694 bits per heavy atom. The summed E-state index contributed by atoms with van der Waals surface area (Å²) in [5.74, 6) is 12.2. The highest BCUT2D eigenvalue weighted by Crippen LogP contribution is 2.44. The molecule has 0 aromatic carbocycles. The minimum absolute atomic E-state index is 0. The van der Waals surface area contributed by atoms with E-state index in [0.29, 0.717) is 0 Å². The molecule has 0 aromatic rings. The quantitative estimate of drug-likeness (QED) is 0.235. The Kier molecular flexibility index (Phi) is 22.2. The van der Waals surface area contributed by atoms with Crippen molar-refractivity contribution < 1.29 is 0 Å². The second-order valence-electron chi connectivity index (χ2n) is 18.5. The molecule has 0 amide bonds. The van der Waals surface area contributed by atoms with Crippen LogP contribution in [-0.2, 0) is 0 Å². The zero-order chi connectivity index (χ0) is 33.4. The van der Waals surface area contributed by atoms with Crippen LogP contribution in [0.2, 0.25) is 0 Å². The molecule has 286 valence electrons.